The first-order chi connectivity index (χ1) is 13.0. The highest BCUT2D eigenvalue weighted by molar-refractivity contribution is 8.26. The summed E-state index contributed by atoms with van der Waals surface area (Å²) >= 11 is 3.02. The lowest BCUT2D eigenvalue weighted by atomic mass is 9.96. The number of thioether (sulfide) groups is 2. The van der Waals surface area contributed by atoms with Crippen molar-refractivity contribution in [2.75, 3.05) is 0 Å². The Morgan fingerprint density at radius 3 is 2.15 bits per heavy atom. The molecule has 2 atom stereocenters. The standard InChI is InChI=1S/C21H17N3OS2/c1-19(2)21(27-18(24-19)16-11-7-4-8-12-16)25-20(13-22,14-23)17(26-21)15-9-5-3-6-10-15/h3-12,17H,1-2H3/t17-,21+/m0/s1. The van der Waals surface area contributed by atoms with Gasteiger partial charge in [-0.1, -0.05) is 84.2 Å². The van der Waals surface area contributed by atoms with E-state index in [0.717, 1.165) is 16.2 Å². The predicted octanol–water partition coefficient (Wildman–Crippen LogP) is 4.90. The summed E-state index contributed by atoms with van der Waals surface area (Å²) in [7, 11) is 0. The Kier molecular flexibility index (Phi) is 4.31. The minimum Gasteiger partial charge on any atom is -0.316 e. The summed E-state index contributed by atoms with van der Waals surface area (Å²) in [4.78, 5) is 4.90. The van der Waals surface area contributed by atoms with Crippen LogP contribution in [0.3, 0.4) is 0 Å². The number of ether oxygens (including phenoxy) is 1. The fourth-order valence-electron chi connectivity index (χ4n) is 3.26. The summed E-state index contributed by atoms with van der Waals surface area (Å²) < 4.78 is 5.48. The molecular formula is C21H17N3OS2. The van der Waals surface area contributed by atoms with Gasteiger partial charge in [-0.15, -0.1) is 0 Å². The summed E-state index contributed by atoms with van der Waals surface area (Å²) in [6.45, 7) is 3.99. The van der Waals surface area contributed by atoms with E-state index in [0.29, 0.717) is 0 Å². The molecule has 6 heteroatoms. The second-order valence-electron chi connectivity index (χ2n) is 6.97. The maximum atomic E-state index is 9.89. The first-order valence-electron chi connectivity index (χ1n) is 8.55. The summed E-state index contributed by atoms with van der Waals surface area (Å²) in [5.41, 5.74) is -0.236. The molecule has 0 unspecified atom stereocenters. The van der Waals surface area contributed by atoms with Crippen molar-refractivity contribution in [3.63, 3.8) is 0 Å². The average Bonchev–Trinajstić information content (AvgIpc) is 3.18. The molecule has 0 saturated carbocycles. The quantitative estimate of drug-likeness (QED) is 0.728. The maximum Gasteiger partial charge on any atom is 0.259 e. The molecule has 0 amide bonds. The fourth-order valence-corrected chi connectivity index (χ4v) is 6.67. The largest absolute Gasteiger partial charge is 0.316 e. The van der Waals surface area contributed by atoms with E-state index in [1.54, 1.807) is 0 Å². The van der Waals surface area contributed by atoms with Gasteiger partial charge in [0, 0.05) is 5.56 Å². The van der Waals surface area contributed by atoms with Crippen molar-refractivity contribution in [3.8, 4) is 12.1 Å². The average molecular weight is 392 g/mol. The lowest BCUT2D eigenvalue weighted by Gasteiger charge is -2.33. The van der Waals surface area contributed by atoms with Gasteiger partial charge in [-0.25, -0.2) is 0 Å². The van der Waals surface area contributed by atoms with E-state index in [2.05, 4.69) is 12.1 Å². The molecule has 2 aliphatic heterocycles. The van der Waals surface area contributed by atoms with Gasteiger partial charge >= 0.3 is 0 Å². The number of nitrogens with zero attached hydrogens (tertiary/aromatic N) is 3. The lowest BCUT2D eigenvalue weighted by Crippen LogP contribution is -2.43. The van der Waals surface area contributed by atoms with E-state index in [1.807, 2.05) is 74.5 Å². The zero-order valence-electron chi connectivity index (χ0n) is 14.9. The summed E-state index contributed by atoms with van der Waals surface area (Å²) in [5, 5.41) is 20.2. The Balaban J connectivity index is 1.77. The molecule has 0 radical (unpaired) electrons. The molecule has 0 aliphatic carbocycles. The second-order valence-corrected chi connectivity index (χ2v) is 9.68. The number of aliphatic imine (C=N–C) groups is 1. The highest BCUT2D eigenvalue weighted by atomic mass is 32.2. The molecular weight excluding hydrogens is 374 g/mol. The molecule has 4 rings (SSSR count). The molecule has 0 N–H and O–H groups in total. The van der Waals surface area contributed by atoms with Crippen molar-refractivity contribution in [1.82, 2.24) is 0 Å². The molecule has 4 nitrogen and oxygen atoms in total. The third kappa shape index (κ3) is 2.76. The van der Waals surface area contributed by atoms with E-state index in [-0.39, 0.29) is 0 Å². The van der Waals surface area contributed by atoms with Gasteiger partial charge in [0.25, 0.3) is 5.60 Å². The van der Waals surface area contributed by atoms with Crippen molar-refractivity contribution in [2.24, 2.45) is 4.99 Å². The van der Waals surface area contributed by atoms with Crippen molar-refractivity contribution in [3.05, 3.63) is 71.8 Å². The fraction of sp³-hybridized carbons (Fsp3) is 0.286. The van der Waals surface area contributed by atoms with Crippen LogP contribution in [-0.2, 0) is 4.74 Å². The maximum absolute atomic E-state index is 9.89. The zero-order chi connectivity index (χ0) is 19.1. The normalized spacial score (nSPS) is 27.7. The number of benzene rings is 2. The summed E-state index contributed by atoms with van der Waals surface area (Å²) in [6.07, 6.45) is 0. The van der Waals surface area contributed by atoms with Crippen LogP contribution < -0.4 is 0 Å². The van der Waals surface area contributed by atoms with E-state index in [1.165, 1.54) is 23.5 Å². The topological polar surface area (TPSA) is 69.2 Å². The number of hydrogen-bond donors (Lipinski definition) is 0. The van der Waals surface area contributed by atoms with Gasteiger partial charge in [0.1, 0.15) is 22.7 Å². The van der Waals surface area contributed by atoms with Gasteiger partial charge in [-0.3, -0.25) is 4.99 Å². The molecule has 0 bridgehead atoms. The highest BCUT2D eigenvalue weighted by Gasteiger charge is 2.67. The minimum atomic E-state index is -1.56. The third-order valence-electron chi connectivity index (χ3n) is 4.75. The monoisotopic (exact) mass is 391 g/mol. The van der Waals surface area contributed by atoms with Crippen LogP contribution in [0.5, 0.6) is 0 Å². The minimum absolute atomic E-state index is 0.411. The van der Waals surface area contributed by atoms with Gasteiger partial charge in [-0.2, -0.15) is 10.5 Å². The van der Waals surface area contributed by atoms with E-state index in [4.69, 9.17) is 9.73 Å². The number of nitriles is 2. The molecule has 1 spiro atoms. The SMILES string of the molecule is CC1(C)N=C(c2ccccc2)S[C@@]12OC(C#N)(C#N)[C@H](c1ccccc1)S2. The molecule has 1 saturated heterocycles. The molecule has 2 aliphatic rings. The Morgan fingerprint density at radius 2 is 1.56 bits per heavy atom. The predicted molar refractivity (Wildman–Crippen MR) is 109 cm³/mol. The van der Waals surface area contributed by atoms with Crippen LogP contribution in [0.25, 0.3) is 0 Å². The second kappa shape index (κ2) is 6.42. The van der Waals surface area contributed by atoms with Crippen LogP contribution in [0.4, 0.5) is 0 Å². The molecule has 134 valence electrons. The number of rotatable bonds is 2. The van der Waals surface area contributed by atoms with E-state index < -0.39 is 20.7 Å². The lowest BCUT2D eigenvalue weighted by molar-refractivity contribution is -0.00603. The van der Waals surface area contributed by atoms with Crippen molar-refractivity contribution in [1.29, 1.82) is 10.5 Å². The van der Waals surface area contributed by atoms with E-state index >= 15 is 0 Å². The van der Waals surface area contributed by atoms with E-state index in [9.17, 15) is 10.5 Å². The molecule has 1 fully saturated rings. The number of hydrogen-bond acceptors (Lipinski definition) is 6. The molecule has 0 aromatic heterocycles. The Bertz CT molecular complexity index is 962. The molecule has 2 heterocycles. The highest BCUT2D eigenvalue weighted by Crippen LogP contribution is 2.67. The first-order valence-corrected chi connectivity index (χ1v) is 10.2. The van der Waals surface area contributed by atoms with Crippen molar-refractivity contribution < 1.29 is 4.74 Å². The summed E-state index contributed by atoms with van der Waals surface area (Å²) in [5.74, 6) is 0. The Morgan fingerprint density at radius 1 is 0.963 bits per heavy atom. The van der Waals surface area contributed by atoms with Crippen molar-refractivity contribution >= 4 is 28.6 Å². The zero-order valence-corrected chi connectivity index (χ0v) is 16.6. The van der Waals surface area contributed by atoms with Gasteiger partial charge in [-0.05, 0) is 19.4 Å². The van der Waals surface area contributed by atoms with Gasteiger partial charge < -0.3 is 4.74 Å². The van der Waals surface area contributed by atoms with Crippen LogP contribution >= 0.6 is 23.5 Å². The smallest absolute Gasteiger partial charge is 0.259 e. The first kappa shape index (κ1) is 18.1. The molecule has 2 aromatic carbocycles. The van der Waals surface area contributed by atoms with Gasteiger partial charge in [0.15, 0.2) is 4.27 Å². The van der Waals surface area contributed by atoms with Crippen LogP contribution in [0.2, 0.25) is 0 Å². The van der Waals surface area contributed by atoms with Crippen LogP contribution in [0.15, 0.2) is 65.7 Å². The molecule has 27 heavy (non-hydrogen) atoms. The summed E-state index contributed by atoms with van der Waals surface area (Å²) in [6, 6.07) is 23.9. The van der Waals surface area contributed by atoms with Crippen LogP contribution in [-0.4, -0.2) is 20.4 Å². The Labute approximate surface area is 167 Å². The Hall–Kier alpha value is -2.25. The van der Waals surface area contributed by atoms with Gasteiger partial charge in [0.2, 0.25) is 0 Å². The van der Waals surface area contributed by atoms with Gasteiger partial charge in [0.05, 0.1) is 5.25 Å². The third-order valence-corrected chi connectivity index (χ3v) is 8.40. The van der Waals surface area contributed by atoms with Crippen molar-refractivity contribution in [2.45, 2.75) is 34.5 Å². The van der Waals surface area contributed by atoms with Crippen LogP contribution in [0, 0.1) is 22.7 Å². The molecule has 2 aromatic rings. The van der Waals surface area contributed by atoms with Crippen LogP contribution in [0.1, 0.15) is 30.2 Å².